The Morgan fingerprint density at radius 3 is 2.29 bits per heavy atom. The fraction of sp³-hybridized carbons (Fsp3) is 0.545. The fourth-order valence-electron chi connectivity index (χ4n) is 2.73. The Hall–Kier alpha value is -2.34. The summed E-state index contributed by atoms with van der Waals surface area (Å²) in [6.07, 6.45) is 1.01. The summed E-state index contributed by atoms with van der Waals surface area (Å²) in [5.41, 5.74) is 0.343. The van der Waals surface area contributed by atoms with Crippen molar-refractivity contribution in [2.24, 2.45) is 5.92 Å². The van der Waals surface area contributed by atoms with Crippen molar-refractivity contribution in [1.82, 2.24) is 10.6 Å². The minimum Gasteiger partial charge on any atom is -0.444 e. The highest BCUT2D eigenvalue weighted by Gasteiger charge is 2.30. The van der Waals surface area contributed by atoms with Crippen molar-refractivity contribution >= 4 is 12.0 Å². The molecule has 3 N–H and O–H groups in total. The Bertz CT molecular complexity index is 638. The van der Waals surface area contributed by atoms with Crippen LogP contribution in [-0.4, -0.2) is 40.9 Å². The van der Waals surface area contributed by atoms with Crippen LogP contribution in [0.5, 0.6) is 0 Å². The van der Waals surface area contributed by atoms with Crippen molar-refractivity contribution in [3.05, 3.63) is 48.6 Å². The van der Waals surface area contributed by atoms with Crippen LogP contribution in [0.25, 0.3) is 0 Å². The van der Waals surface area contributed by atoms with E-state index in [-0.39, 0.29) is 11.8 Å². The van der Waals surface area contributed by atoms with Crippen molar-refractivity contribution in [2.45, 2.75) is 71.2 Å². The monoisotopic (exact) mass is 390 g/mol. The zero-order valence-corrected chi connectivity index (χ0v) is 17.6. The number of ether oxygens (including phenoxy) is 1. The number of aliphatic hydroxyl groups excluding tert-OH is 1. The summed E-state index contributed by atoms with van der Waals surface area (Å²) in [6, 6.07) is 8.34. The lowest BCUT2D eigenvalue weighted by Crippen LogP contribution is -2.55. The molecule has 0 spiro atoms. The van der Waals surface area contributed by atoms with Crippen LogP contribution in [0.2, 0.25) is 0 Å². The third-order valence-electron chi connectivity index (χ3n) is 4.12. The molecular formula is C22H34N2O4. The van der Waals surface area contributed by atoms with Gasteiger partial charge in [-0.15, -0.1) is 6.58 Å². The second-order valence-electron chi connectivity index (χ2n) is 8.26. The molecular weight excluding hydrogens is 356 g/mol. The number of hydrogen-bond donors (Lipinski definition) is 3. The molecule has 156 valence electrons. The van der Waals surface area contributed by atoms with E-state index in [0.717, 1.165) is 5.56 Å². The zero-order valence-electron chi connectivity index (χ0n) is 17.6. The Morgan fingerprint density at radius 1 is 1.18 bits per heavy atom. The number of amides is 2. The van der Waals surface area contributed by atoms with Crippen LogP contribution in [-0.2, 0) is 16.0 Å². The zero-order chi connectivity index (χ0) is 21.3. The van der Waals surface area contributed by atoms with Gasteiger partial charge in [0.2, 0.25) is 5.91 Å². The number of alkyl carbamates (subject to hydrolysis) is 1. The molecule has 0 heterocycles. The van der Waals surface area contributed by atoms with E-state index in [1.54, 1.807) is 26.8 Å². The largest absolute Gasteiger partial charge is 0.444 e. The second-order valence-corrected chi connectivity index (χ2v) is 8.26. The Kier molecular flexibility index (Phi) is 9.19. The van der Waals surface area contributed by atoms with Crippen LogP contribution in [0.3, 0.4) is 0 Å². The number of hydrogen-bond acceptors (Lipinski definition) is 4. The lowest BCUT2D eigenvalue weighted by Gasteiger charge is -2.29. The maximum Gasteiger partial charge on any atom is 0.408 e. The van der Waals surface area contributed by atoms with E-state index in [1.165, 1.54) is 0 Å². The van der Waals surface area contributed by atoms with Crippen LogP contribution in [0.4, 0.5) is 4.79 Å². The first-order chi connectivity index (χ1) is 13.0. The van der Waals surface area contributed by atoms with Gasteiger partial charge in [-0.3, -0.25) is 4.79 Å². The molecule has 28 heavy (non-hydrogen) atoms. The molecule has 0 bridgehead atoms. The lowest BCUT2D eigenvalue weighted by atomic mass is 9.97. The van der Waals surface area contributed by atoms with E-state index in [9.17, 15) is 14.7 Å². The van der Waals surface area contributed by atoms with E-state index in [4.69, 9.17) is 4.74 Å². The quantitative estimate of drug-likeness (QED) is 0.565. The molecule has 0 aliphatic carbocycles. The van der Waals surface area contributed by atoms with Gasteiger partial charge in [0, 0.05) is 0 Å². The van der Waals surface area contributed by atoms with E-state index in [2.05, 4.69) is 17.2 Å². The molecule has 0 aromatic heterocycles. The molecule has 0 saturated carbocycles. The summed E-state index contributed by atoms with van der Waals surface area (Å²) in [5.74, 6) is -0.508. The van der Waals surface area contributed by atoms with Crippen molar-refractivity contribution in [1.29, 1.82) is 0 Å². The minimum atomic E-state index is -0.781. The first kappa shape index (κ1) is 23.7. The van der Waals surface area contributed by atoms with E-state index >= 15 is 0 Å². The van der Waals surface area contributed by atoms with Crippen molar-refractivity contribution < 1.29 is 19.4 Å². The standard InChI is InChI=1S/C22H34N2O4/c1-7-11-18(25)17(14-16-12-9-8-10-13-16)23-20(26)19(15(2)3)24-21(27)28-22(4,5)6/h7-10,12-13,15,17-19,25H,1,11,14H2,2-6H3,(H,23,26)(H,24,27)/t17-,18-,19-/m0/s1. The van der Waals surface area contributed by atoms with Gasteiger partial charge < -0.3 is 20.5 Å². The van der Waals surface area contributed by atoms with Crippen LogP contribution in [0, 0.1) is 5.92 Å². The van der Waals surface area contributed by atoms with Gasteiger partial charge in [-0.2, -0.15) is 0 Å². The summed E-state index contributed by atoms with van der Waals surface area (Å²) >= 11 is 0. The topological polar surface area (TPSA) is 87.7 Å². The van der Waals surface area contributed by atoms with Crippen molar-refractivity contribution in [2.75, 3.05) is 0 Å². The van der Waals surface area contributed by atoms with Gasteiger partial charge in [-0.25, -0.2) is 4.79 Å². The molecule has 6 heteroatoms. The summed E-state index contributed by atoms with van der Waals surface area (Å²) in [6.45, 7) is 12.6. The van der Waals surface area contributed by atoms with Gasteiger partial charge in [0.1, 0.15) is 11.6 Å². The molecule has 1 rings (SSSR count). The SMILES string of the molecule is C=CC[C@H](O)[C@H](Cc1ccccc1)NC(=O)[C@@H](NC(=O)OC(C)(C)C)C(C)C. The van der Waals surface area contributed by atoms with Crippen LogP contribution in [0.1, 0.15) is 46.6 Å². The third-order valence-corrected chi connectivity index (χ3v) is 4.12. The number of carbonyl (C=O) groups excluding carboxylic acids is 2. The highest BCUT2D eigenvalue weighted by molar-refractivity contribution is 5.86. The van der Waals surface area contributed by atoms with Gasteiger partial charge in [-0.05, 0) is 45.1 Å². The average molecular weight is 391 g/mol. The molecule has 0 saturated heterocycles. The first-order valence-electron chi connectivity index (χ1n) is 9.66. The summed E-state index contributed by atoms with van der Waals surface area (Å²) in [4.78, 5) is 25.0. The molecule has 3 atom stereocenters. The molecule has 0 aliphatic heterocycles. The summed E-state index contributed by atoms with van der Waals surface area (Å²) < 4.78 is 5.26. The van der Waals surface area contributed by atoms with Crippen LogP contribution in [0.15, 0.2) is 43.0 Å². The number of nitrogens with one attached hydrogen (secondary N) is 2. The van der Waals surface area contributed by atoms with Gasteiger partial charge in [-0.1, -0.05) is 50.3 Å². The molecule has 6 nitrogen and oxygen atoms in total. The van der Waals surface area contributed by atoms with E-state index in [0.29, 0.717) is 12.8 Å². The van der Waals surface area contributed by atoms with E-state index in [1.807, 2.05) is 44.2 Å². The third kappa shape index (κ3) is 8.57. The molecule has 1 aromatic rings. The van der Waals surface area contributed by atoms with E-state index < -0.39 is 29.9 Å². The Morgan fingerprint density at radius 2 is 1.79 bits per heavy atom. The average Bonchev–Trinajstić information content (AvgIpc) is 2.58. The number of carbonyl (C=O) groups is 2. The molecule has 1 aromatic carbocycles. The summed E-state index contributed by atoms with van der Waals surface area (Å²) in [5, 5.41) is 16.0. The number of rotatable bonds is 9. The fourth-order valence-corrected chi connectivity index (χ4v) is 2.73. The second kappa shape index (κ2) is 10.9. The molecule has 0 radical (unpaired) electrons. The molecule has 0 unspecified atom stereocenters. The van der Waals surface area contributed by atoms with Gasteiger partial charge in [0.15, 0.2) is 0 Å². The Balaban J connectivity index is 2.89. The molecule has 2 amide bonds. The maximum absolute atomic E-state index is 12.9. The van der Waals surface area contributed by atoms with Crippen LogP contribution >= 0.6 is 0 Å². The predicted molar refractivity (Wildman–Crippen MR) is 111 cm³/mol. The first-order valence-corrected chi connectivity index (χ1v) is 9.66. The highest BCUT2D eigenvalue weighted by atomic mass is 16.6. The minimum absolute atomic E-state index is 0.151. The van der Waals surface area contributed by atoms with Gasteiger partial charge in [0.25, 0.3) is 0 Å². The smallest absolute Gasteiger partial charge is 0.408 e. The predicted octanol–water partition coefficient (Wildman–Crippen LogP) is 3.20. The number of aliphatic hydroxyl groups is 1. The Labute approximate surface area is 168 Å². The van der Waals surface area contributed by atoms with Crippen LogP contribution < -0.4 is 10.6 Å². The number of benzene rings is 1. The maximum atomic E-state index is 12.9. The normalized spacial score (nSPS) is 14.7. The molecule has 0 aliphatic rings. The van der Waals surface area contributed by atoms with Crippen molar-refractivity contribution in [3.8, 4) is 0 Å². The summed E-state index contributed by atoms with van der Waals surface area (Å²) in [7, 11) is 0. The lowest BCUT2D eigenvalue weighted by molar-refractivity contribution is -0.125. The highest BCUT2D eigenvalue weighted by Crippen LogP contribution is 2.12. The molecule has 0 fully saturated rings. The van der Waals surface area contributed by atoms with Gasteiger partial charge in [0.05, 0.1) is 12.1 Å². The van der Waals surface area contributed by atoms with Gasteiger partial charge >= 0.3 is 6.09 Å². The van der Waals surface area contributed by atoms with Crippen molar-refractivity contribution in [3.63, 3.8) is 0 Å².